The van der Waals surface area contributed by atoms with Gasteiger partial charge >= 0.3 is 5.97 Å². The topological polar surface area (TPSA) is 64.3 Å². The fourth-order valence-electron chi connectivity index (χ4n) is 2.15. The van der Waals surface area contributed by atoms with E-state index in [2.05, 4.69) is 4.98 Å². The monoisotopic (exact) mass is 330 g/mol. The highest BCUT2D eigenvalue weighted by Gasteiger charge is 2.15. The predicted octanol–water partition coefficient (Wildman–Crippen LogP) is 2.55. The number of hydrogen-bond donors (Lipinski definition) is 1. The molecule has 0 aliphatic carbocycles. The number of alkyl halides is 2. The summed E-state index contributed by atoms with van der Waals surface area (Å²) in [5, 5.41) is 9.96. The van der Waals surface area contributed by atoms with Crippen molar-refractivity contribution in [2.24, 2.45) is 0 Å². The number of aromatic nitrogens is 2. The molecule has 0 radical (unpaired) electrons. The van der Waals surface area contributed by atoms with Crippen molar-refractivity contribution < 1.29 is 14.6 Å². The van der Waals surface area contributed by atoms with Gasteiger partial charge in [0, 0.05) is 5.88 Å². The highest BCUT2D eigenvalue weighted by atomic mass is 35.5. The molecule has 0 bridgehead atoms. The van der Waals surface area contributed by atoms with Crippen molar-refractivity contribution in [2.75, 3.05) is 13.0 Å². The lowest BCUT2D eigenvalue weighted by atomic mass is 10.2. The second kappa shape index (κ2) is 7.11. The predicted molar refractivity (Wildman–Crippen MR) is 82.0 cm³/mol. The van der Waals surface area contributed by atoms with E-state index < -0.39 is 12.1 Å². The number of aliphatic hydroxyl groups is 1. The molecular formula is C14H16Cl2N2O3. The molecule has 1 unspecified atom stereocenters. The Morgan fingerprint density at radius 2 is 2.24 bits per heavy atom. The van der Waals surface area contributed by atoms with Crippen LogP contribution in [0.5, 0.6) is 0 Å². The molecule has 0 fully saturated rings. The highest BCUT2D eigenvalue weighted by Crippen LogP contribution is 2.21. The minimum absolute atomic E-state index is 0.218. The number of imidazole rings is 1. The van der Waals surface area contributed by atoms with Gasteiger partial charge in [0.1, 0.15) is 5.82 Å². The van der Waals surface area contributed by atoms with E-state index in [1.807, 2.05) is 4.57 Å². The SMILES string of the molecule is COC(=O)c1ccc2nc(CCl)n(CC(O)CCCl)c2c1. The van der Waals surface area contributed by atoms with Crippen LogP contribution in [0.4, 0.5) is 0 Å². The third kappa shape index (κ3) is 3.48. The van der Waals surface area contributed by atoms with Gasteiger partial charge < -0.3 is 14.4 Å². The molecule has 1 aromatic carbocycles. The molecule has 1 N–H and O–H groups in total. The van der Waals surface area contributed by atoms with Gasteiger partial charge in [-0.05, 0) is 24.6 Å². The summed E-state index contributed by atoms with van der Waals surface area (Å²) in [7, 11) is 1.33. The Morgan fingerprint density at radius 3 is 2.86 bits per heavy atom. The lowest BCUT2D eigenvalue weighted by Gasteiger charge is -2.13. The molecule has 2 rings (SSSR count). The summed E-state index contributed by atoms with van der Waals surface area (Å²) in [4.78, 5) is 16.0. The van der Waals surface area contributed by atoms with E-state index in [-0.39, 0.29) is 5.88 Å². The van der Waals surface area contributed by atoms with Crippen LogP contribution in [0.2, 0.25) is 0 Å². The van der Waals surface area contributed by atoms with E-state index in [9.17, 15) is 9.90 Å². The zero-order valence-corrected chi connectivity index (χ0v) is 13.1. The number of ether oxygens (including phenoxy) is 1. The highest BCUT2D eigenvalue weighted by molar-refractivity contribution is 6.17. The van der Waals surface area contributed by atoms with Crippen molar-refractivity contribution in [3.05, 3.63) is 29.6 Å². The molecule has 0 saturated carbocycles. The van der Waals surface area contributed by atoms with Gasteiger partial charge in [0.25, 0.3) is 0 Å². The zero-order valence-electron chi connectivity index (χ0n) is 11.6. The Balaban J connectivity index is 2.46. The summed E-state index contributed by atoms with van der Waals surface area (Å²) in [5.74, 6) is 0.813. The third-order valence-electron chi connectivity index (χ3n) is 3.20. The van der Waals surface area contributed by atoms with Crippen LogP contribution in [0.3, 0.4) is 0 Å². The minimum atomic E-state index is -0.594. The van der Waals surface area contributed by atoms with Crippen molar-refractivity contribution in [1.82, 2.24) is 9.55 Å². The van der Waals surface area contributed by atoms with Gasteiger partial charge in [0.15, 0.2) is 0 Å². The Bertz CT molecular complexity index is 642. The van der Waals surface area contributed by atoms with Crippen LogP contribution < -0.4 is 0 Å². The van der Waals surface area contributed by atoms with Crippen molar-refractivity contribution in [2.45, 2.75) is 24.9 Å². The van der Waals surface area contributed by atoms with E-state index in [0.29, 0.717) is 30.2 Å². The lowest BCUT2D eigenvalue weighted by Crippen LogP contribution is -2.18. The van der Waals surface area contributed by atoms with Gasteiger partial charge in [-0.3, -0.25) is 0 Å². The molecule has 0 spiro atoms. The Morgan fingerprint density at radius 1 is 1.48 bits per heavy atom. The number of hydrogen-bond acceptors (Lipinski definition) is 4. The van der Waals surface area contributed by atoms with Crippen LogP contribution in [-0.2, 0) is 17.2 Å². The number of methoxy groups -OCH3 is 1. The van der Waals surface area contributed by atoms with Gasteiger partial charge in [-0.15, -0.1) is 23.2 Å². The quantitative estimate of drug-likeness (QED) is 0.653. The first-order valence-corrected chi connectivity index (χ1v) is 7.55. The molecule has 7 heteroatoms. The van der Waals surface area contributed by atoms with Crippen LogP contribution in [0.15, 0.2) is 18.2 Å². The number of rotatable bonds is 6. The van der Waals surface area contributed by atoms with Crippen LogP contribution in [0.25, 0.3) is 11.0 Å². The van der Waals surface area contributed by atoms with E-state index in [1.54, 1.807) is 18.2 Å². The molecule has 1 aromatic heterocycles. The number of fused-ring (bicyclic) bond motifs is 1. The van der Waals surface area contributed by atoms with Gasteiger partial charge in [0.2, 0.25) is 0 Å². The zero-order chi connectivity index (χ0) is 15.4. The Hall–Kier alpha value is -1.30. The smallest absolute Gasteiger partial charge is 0.337 e. The molecule has 0 amide bonds. The maximum atomic E-state index is 11.6. The number of aliphatic hydroxyl groups excluding tert-OH is 1. The summed E-state index contributed by atoms with van der Waals surface area (Å²) in [6.45, 7) is 0.329. The fraction of sp³-hybridized carbons (Fsp3) is 0.429. The summed E-state index contributed by atoms with van der Waals surface area (Å²) >= 11 is 11.6. The van der Waals surface area contributed by atoms with E-state index in [1.165, 1.54) is 7.11 Å². The number of esters is 1. The van der Waals surface area contributed by atoms with Crippen molar-refractivity contribution >= 4 is 40.2 Å². The van der Waals surface area contributed by atoms with Crippen molar-refractivity contribution in [3.8, 4) is 0 Å². The molecule has 1 heterocycles. The average molecular weight is 331 g/mol. The standard InChI is InChI=1S/C14H16Cl2N2O3/c1-21-14(20)9-2-3-11-12(6-9)18(13(7-16)17-11)8-10(19)4-5-15/h2-3,6,10,19H,4-5,7-8H2,1H3. The molecular weight excluding hydrogens is 315 g/mol. The fourth-order valence-corrected chi connectivity index (χ4v) is 2.61. The molecule has 0 aliphatic heterocycles. The average Bonchev–Trinajstić information content (AvgIpc) is 2.83. The first-order chi connectivity index (χ1) is 10.1. The maximum Gasteiger partial charge on any atom is 0.337 e. The Kier molecular flexibility index (Phi) is 5.45. The van der Waals surface area contributed by atoms with Gasteiger partial charge in [-0.25, -0.2) is 9.78 Å². The normalized spacial score (nSPS) is 12.6. The number of benzene rings is 1. The first kappa shape index (κ1) is 16.1. The van der Waals surface area contributed by atoms with E-state index in [4.69, 9.17) is 27.9 Å². The molecule has 114 valence electrons. The van der Waals surface area contributed by atoms with Gasteiger partial charge in [-0.2, -0.15) is 0 Å². The van der Waals surface area contributed by atoms with Crippen LogP contribution in [0, 0.1) is 0 Å². The number of nitrogens with zero attached hydrogens (tertiary/aromatic N) is 2. The molecule has 0 aliphatic rings. The van der Waals surface area contributed by atoms with Crippen LogP contribution in [-0.4, -0.2) is 39.7 Å². The number of carbonyl (C=O) groups is 1. The lowest BCUT2D eigenvalue weighted by molar-refractivity contribution is 0.0601. The van der Waals surface area contributed by atoms with Crippen LogP contribution >= 0.6 is 23.2 Å². The molecule has 2 aromatic rings. The van der Waals surface area contributed by atoms with Crippen molar-refractivity contribution in [3.63, 3.8) is 0 Å². The van der Waals surface area contributed by atoms with Gasteiger partial charge in [0.05, 0.1) is 42.2 Å². The third-order valence-corrected chi connectivity index (χ3v) is 3.66. The first-order valence-electron chi connectivity index (χ1n) is 6.48. The van der Waals surface area contributed by atoms with Crippen molar-refractivity contribution in [1.29, 1.82) is 0 Å². The van der Waals surface area contributed by atoms with Gasteiger partial charge in [-0.1, -0.05) is 0 Å². The number of halogens is 2. The maximum absolute atomic E-state index is 11.6. The summed E-state index contributed by atoms with van der Waals surface area (Å²) < 4.78 is 6.53. The largest absolute Gasteiger partial charge is 0.465 e. The molecule has 5 nitrogen and oxygen atoms in total. The van der Waals surface area contributed by atoms with E-state index >= 15 is 0 Å². The van der Waals surface area contributed by atoms with Crippen LogP contribution in [0.1, 0.15) is 22.6 Å². The molecule has 1 atom stereocenters. The Labute approximate surface area is 132 Å². The second-order valence-electron chi connectivity index (χ2n) is 4.60. The molecule has 0 saturated heterocycles. The minimum Gasteiger partial charge on any atom is -0.465 e. The molecule has 21 heavy (non-hydrogen) atoms. The van der Waals surface area contributed by atoms with E-state index in [0.717, 1.165) is 11.0 Å². The summed E-state index contributed by atoms with van der Waals surface area (Å²) in [6, 6.07) is 5.08. The summed E-state index contributed by atoms with van der Waals surface area (Å²) in [6.07, 6.45) is -0.122. The summed E-state index contributed by atoms with van der Waals surface area (Å²) in [5.41, 5.74) is 1.89. The number of carbonyl (C=O) groups excluding carboxylic acids is 1. The second-order valence-corrected chi connectivity index (χ2v) is 5.24.